The molecule has 1 unspecified atom stereocenters. The van der Waals surface area contributed by atoms with Gasteiger partial charge in [0.25, 0.3) is 5.91 Å². The van der Waals surface area contributed by atoms with E-state index in [2.05, 4.69) is 26.0 Å². The van der Waals surface area contributed by atoms with Gasteiger partial charge in [0.05, 0.1) is 24.0 Å². The van der Waals surface area contributed by atoms with Crippen LogP contribution in [-0.2, 0) is 4.79 Å². The van der Waals surface area contributed by atoms with Crippen LogP contribution in [0.1, 0.15) is 41.6 Å². The molecule has 1 atom stereocenters. The van der Waals surface area contributed by atoms with Crippen LogP contribution in [0, 0.1) is 5.92 Å². The molecule has 1 aromatic carbocycles. The maximum absolute atomic E-state index is 12.6. The van der Waals surface area contributed by atoms with Gasteiger partial charge in [-0.3, -0.25) is 14.6 Å². The highest BCUT2D eigenvalue weighted by atomic mass is 16.5. The average Bonchev–Trinajstić information content (AvgIpc) is 3.55. The van der Waals surface area contributed by atoms with E-state index in [1.54, 1.807) is 13.2 Å². The fraction of sp³-hybridized carbons (Fsp3) is 0.391. The molecule has 1 aliphatic carbocycles. The van der Waals surface area contributed by atoms with Gasteiger partial charge in [-0.15, -0.1) is 0 Å². The molecule has 0 saturated heterocycles. The number of amides is 2. The van der Waals surface area contributed by atoms with Crippen LogP contribution < -0.4 is 20.7 Å². The molecule has 2 aliphatic rings. The predicted molar refractivity (Wildman–Crippen MR) is 124 cm³/mol. The molecule has 2 aromatic rings. The summed E-state index contributed by atoms with van der Waals surface area (Å²) in [5, 5.41) is 15.2. The van der Waals surface area contributed by atoms with Crippen molar-refractivity contribution in [3.8, 4) is 5.75 Å². The second kappa shape index (κ2) is 9.25. The Labute approximate surface area is 187 Å². The molecule has 0 bridgehead atoms. The van der Waals surface area contributed by atoms with Gasteiger partial charge in [0.15, 0.2) is 0 Å². The van der Waals surface area contributed by atoms with Crippen LogP contribution in [0.25, 0.3) is 0 Å². The second-order valence-electron chi connectivity index (χ2n) is 8.00. The first-order chi connectivity index (χ1) is 15.5. The van der Waals surface area contributed by atoms with Gasteiger partial charge in [-0.25, -0.2) is 4.98 Å². The summed E-state index contributed by atoms with van der Waals surface area (Å²) in [6, 6.07) is 7.53. The molecule has 168 valence electrons. The van der Waals surface area contributed by atoms with Gasteiger partial charge in [-0.2, -0.15) is 5.10 Å². The van der Waals surface area contributed by atoms with Crippen LogP contribution in [0.15, 0.2) is 35.6 Å². The van der Waals surface area contributed by atoms with Crippen LogP contribution in [0.4, 0.5) is 17.2 Å². The Bertz CT molecular complexity index is 1050. The number of aromatic nitrogens is 1. The van der Waals surface area contributed by atoms with E-state index in [0.29, 0.717) is 35.1 Å². The number of ether oxygens (including phenoxy) is 1. The minimum Gasteiger partial charge on any atom is -0.494 e. The number of hydrogen-bond acceptors (Lipinski definition) is 7. The maximum Gasteiger partial charge on any atom is 0.254 e. The van der Waals surface area contributed by atoms with Gasteiger partial charge in [0.1, 0.15) is 11.6 Å². The van der Waals surface area contributed by atoms with E-state index in [4.69, 9.17) is 4.74 Å². The molecule has 9 nitrogen and oxygen atoms in total. The Morgan fingerprint density at radius 1 is 1.25 bits per heavy atom. The van der Waals surface area contributed by atoms with E-state index >= 15 is 0 Å². The minimum atomic E-state index is -0.248. The summed E-state index contributed by atoms with van der Waals surface area (Å²) in [5.41, 5.74) is 2.63. The van der Waals surface area contributed by atoms with E-state index in [0.717, 1.165) is 24.9 Å². The molecule has 1 aliphatic heterocycles. The molecule has 4 rings (SSSR count). The number of methoxy groups -OCH3 is 1. The Hall–Kier alpha value is -3.62. The third-order valence-corrected chi connectivity index (χ3v) is 5.51. The molecule has 2 heterocycles. The van der Waals surface area contributed by atoms with Crippen molar-refractivity contribution in [2.24, 2.45) is 11.0 Å². The van der Waals surface area contributed by atoms with Crippen LogP contribution in [0.3, 0.4) is 0 Å². The highest BCUT2D eigenvalue weighted by molar-refractivity contribution is 6.01. The van der Waals surface area contributed by atoms with Crippen molar-refractivity contribution in [3.05, 3.63) is 41.6 Å². The molecular weight excluding hydrogens is 408 g/mol. The molecule has 2 amide bonds. The number of rotatable bonds is 8. The number of carbonyl (C=O) groups is 2. The lowest BCUT2D eigenvalue weighted by Crippen LogP contribution is -2.24. The lowest BCUT2D eigenvalue weighted by Gasteiger charge is -2.19. The molecule has 0 radical (unpaired) electrons. The van der Waals surface area contributed by atoms with Crippen LogP contribution in [0.2, 0.25) is 0 Å². The molecule has 1 fully saturated rings. The smallest absolute Gasteiger partial charge is 0.254 e. The third kappa shape index (κ3) is 4.66. The zero-order chi connectivity index (χ0) is 22.7. The lowest BCUT2D eigenvalue weighted by atomic mass is 9.98. The second-order valence-corrected chi connectivity index (χ2v) is 8.00. The number of benzene rings is 1. The topological polar surface area (TPSA) is 108 Å². The van der Waals surface area contributed by atoms with E-state index in [-0.39, 0.29) is 23.7 Å². The van der Waals surface area contributed by atoms with E-state index in [1.807, 2.05) is 43.4 Å². The number of likely N-dealkylation sites (N-methyl/N-ethyl adjacent to an activating group) is 1. The lowest BCUT2D eigenvalue weighted by molar-refractivity contribution is -0.117. The fourth-order valence-corrected chi connectivity index (χ4v) is 3.71. The van der Waals surface area contributed by atoms with Crippen LogP contribution >= 0.6 is 0 Å². The Morgan fingerprint density at radius 2 is 2.06 bits per heavy atom. The van der Waals surface area contributed by atoms with E-state index < -0.39 is 0 Å². The Kier molecular flexibility index (Phi) is 6.25. The van der Waals surface area contributed by atoms with Gasteiger partial charge in [0.2, 0.25) is 5.91 Å². The Morgan fingerprint density at radius 3 is 2.72 bits per heavy atom. The fourth-order valence-electron chi connectivity index (χ4n) is 3.71. The average molecular weight is 437 g/mol. The summed E-state index contributed by atoms with van der Waals surface area (Å²) in [6.07, 6.45) is 5.18. The summed E-state index contributed by atoms with van der Waals surface area (Å²) in [4.78, 5) is 29.1. The number of hydrazone groups is 1. The third-order valence-electron chi connectivity index (χ3n) is 5.51. The van der Waals surface area contributed by atoms with Crippen molar-refractivity contribution < 1.29 is 14.3 Å². The van der Waals surface area contributed by atoms with Crippen molar-refractivity contribution in [1.29, 1.82) is 0 Å². The number of nitrogens with zero attached hydrogens (tertiary/aromatic N) is 3. The first kappa shape index (κ1) is 21.6. The Balaban J connectivity index is 1.67. The molecule has 1 saturated carbocycles. The quantitative estimate of drug-likeness (QED) is 0.587. The minimum absolute atomic E-state index is 0.0431. The summed E-state index contributed by atoms with van der Waals surface area (Å²) in [7, 11) is 3.55. The highest BCUT2D eigenvalue weighted by Gasteiger charge is 2.30. The molecule has 9 heteroatoms. The van der Waals surface area contributed by atoms with E-state index in [1.165, 1.54) is 6.20 Å². The predicted octanol–water partition coefficient (Wildman–Crippen LogP) is 2.95. The van der Waals surface area contributed by atoms with Crippen molar-refractivity contribution in [2.45, 2.75) is 25.7 Å². The summed E-state index contributed by atoms with van der Waals surface area (Å²) in [6.45, 7) is 3.11. The first-order valence-corrected chi connectivity index (χ1v) is 10.8. The van der Waals surface area contributed by atoms with Crippen molar-refractivity contribution in [2.75, 3.05) is 37.9 Å². The van der Waals surface area contributed by atoms with Crippen LogP contribution in [-0.4, -0.2) is 55.3 Å². The zero-order valence-electron chi connectivity index (χ0n) is 18.5. The van der Waals surface area contributed by atoms with E-state index in [9.17, 15) is 9.59 Å². The summed E-state index contributed by atoms with van der Waals surface area (Å²) >= 11 is 0. The number of carbonyl (C=O) groups excluding carboxylic acids is 2. The van der Waals surface area contributed by atoms with Gasteiger partial charge >= 0.3 is 0 Å². The molecular formula is C23H28N6O3. The number of anilines is 3. The monoisotopic (exact) mass is 436 g/mol. The van der Waals surface area contributed by atoms with Crippen molar-refractivity contribution in [3.63, 3.8) is 0 Å². The first-order valence-electron chi connectivity index (χ1n) is 10.8. The van der Waals surface area contributed by atoms with Gasteiger partial charge in [-0.05, 0) is 25.8 Å². The largest absolute Gasteiger partial charge is 0.494 e. The normalized spacial score (nSPS) is 17.2. The maximum atomic E-state index is 12.6. The van der Waals surface area contributed by atoms with Crippen LogP contribution in [0.5, 0.6) is 5.75 Å². The van der Waals surface area contributed by atoms with Gasteiger partial charge in [-0.1, -0.05) is 12.1 Å². The summed E-state index contributed by atoms with van der Waals surface area (Å²) < 4.78 is 5.75. The molecule has 3 N–H and O–H groups in total. The molecule has 0 spiro atoms. The van der Waals surface area contributed by atoms with Gasteiger partial charge < -0.3 is 20.7 Å². The molecule has 32 heavy (non-hydrogen) atoms. The zero-order valence-corrected chi connectivity index (χ0v) is 18.5. The number of para-hydroxylation sites is 1. The van der Waals surface area contributed by atoms with Crippen molar-refractivity contribution in [1.82, 2.24) is 15.3 Å². The number of hydrogen-bond donors (Lipinski definition) is 3. The standard InChI is InChI=1S/C23H28N6O3/c1-4-24-23(31)17-12-25-20(28-22(30)14-8-9-14)10-19(17)27-18-7-5-6-16(21(18)32-3)15-11-26-29(2)13-15/h5-7,10-12,14-15H,4,8-9,13H2,1-3H3,(H,24,31)(H2,25,27,28,30). The number of nitrogens with one attached hydrogen (secondary N) is 3. The number of pyridine rings is 1. The van der Waals surface area contributed by atoms with Gasteiger partial charge in [0, 0.05) is 56.0 Å². The van der Waals surface area contributed by atoms with Crippen molar-refractivity contribution >= 4 is 35.2 Å². The molecule has 1 aromatic heterocycles. The summed E-state index contributed by atoms with van der Waals surface area (Å²) in [5.74, 6) is 0.948. The highest BCUT2D eigenvalue weighted by Crippen LogP contribution is 2.37. The SMILES string of the molecule is CCNC(=O)c1cnc(NC(=O)C2CC2)cc1Nc1cccc(C2C=NN(C)C2)c1OC.